The molecule has 2 aromatic rings. The lowest BCUT2D eigenvalue weighted by atomic mass is 10.0. The van der Waals surface area contributed by atoms with E-state index in [2.05, 4.69) is 36.6 Å². The molecule has 0 aliphatic carbocycles. The Bertz CT molecular complexity index is 657. The number of halogens is 1. The standard InChI is InChI=1S/C17H20ClNO2S/c1-12-8-15(4-6-21-12)19(17(20)10-18)11-13-2-3-16-14(9-13)5-7-22-16/h2-3,5,7,9,12,15H,4,6,8,10-11H2,1H3/t12-,15+/m1/s1. The first-order valence-corrected chi connectivity index (χ1v) is 9.02. The number of alkyl halides is 1. The third kappa shape index (κ3) is 3.45. The third-order valence-electron chi connectivity index (χ3n) is 4.20. The minimum absolute atomic E-state index is 0.00572. The van der Waals surface area contributed by atoms with Crippen LogP contribution in [0.25, 0.3) is 10.1 Å². The molecule has 0 bridgehead atoms. The summed E-state index contributed by atoms with van der Waals surface area (Å²) in [6.07, 6.45) is 1.96. The lowest BCUT2D eigenvalue weighted by Crippen LogP contribution is -2.45. The van der Waals surface area contributed by atoms with Crippen molar-refractivity contribution in [1.29, 1.82) is 0 Å². The number of amides is 1. The lowest BCUT2D eigenvalue weighted by molar-refractivity contribution is -0.134. The molecule has 0 saturated carbocycles. The molecular formula is C17H20ClNO2S. The van der Waals surface area contributed by atoms with Gasteiger partial charge < -0.3 is 9.64 Å². The molecule has 1 saturated heterocycles. The molecule has 2 heterocycles. The van der Waals surface area contributed by atoms with E-state index < -0.39 is 0 Å². The van der Waals surface area contributed by atoms with Crippen molar-refractivity contribution in [3.8, 4) is 0 Å². The van der Waals surface area contributed by atoms with Crippen LogP contribution in [0, 0.1) is 0 Å². The first kappa shape index (κ1) is 15.8. The number of carbonyl (C=O) groups excluding carboxylic acids is 1. The normalized spacial score (nSPS) is 21.9. The number of hydrogen-bond donors (Lipinski definition) is 0. The number of carbonyl (C=O) groups is 1. The molecule has 1 aliphatic rings. The van der Waals surface area contributed by atoms with Crippen molar-refractivity contribution in [2.24, 2.45) is 0 Å². The van der Waals surface area contributed by atoms with Crippen LogP contribution in [-0.2, 0) is 16.1 Å². The van der Waals surface area contributed by atoms with E-state index in [1.807, 2.05) is 4.90 Å². The van der Waals surface area contributed by atoms with Gasteiger partial charge in [0, 0.05) is 23.9 Å². The molecule has 1 aromatic carbocycles. The van der Waals surface area contributed by atoms with Crippen LogP contribution in [0.15, 0.2) is 29.6 Å². The summed E-state index contributed by atoms with van der Waals surface area (Å²) in [4.78, 5) is 14.2. The molecule has 3 rings (SSSR count). The Hall–Kier alpha value is -1.10. The Balaban J connectivity index is 1.80. The number of thiophene rings is 1. The Morgan fingerprint density at radius 2 is 2.32 bits per heavy atom. The largest absolute Gasteiger partial charge is 0.378 e. The molecule has 3 nitrogen and oxygen atoms in total. The zero-order valence-electron chi connectivity index (χ0n) is 12.6. The predicted octanol–water partition coefficient (Wildman–Crippen LogP) is 4.04. The van der Waals surface area contributed by atoms with E-state index in [0.717, 1.165) is 18.4 Å². The molecule has 0 unspecified atom stereocenters. The first-order valence-electron chi connectivity index (χ1n) is 7.60. The minimum atomic E-state index is 0.00572. The molecule has 2 atom stereocenters. The fraction of sp³-hybridized carbons (Fsp3) is 0.471. The number of rotatable bonds is 4. The van der Waals surface area contributed by atoms with Gasteiger partial charge in [-0.15, -0.1) is 22.9 Å². The molecule has 0 N–H and O–H groups in total. The maximum absolute atomic E-state index is 12.3. The maximum atomic E-state index is 12.3. The molecule has 118 valence electrons. The van der Waals surface area contributed by atoms with Crippen molar-refractivity contribution in [3.63, 3.8) is 0 Å². The highest BCUT2D eigenvalue weighted by Crippen LogP contribution is 2.25. The number of nitrogens with zero attached hydrogens (tertiary/aromatic N) is 1. The van der Waals surface area contributed by atoms with Crippen molar-refractivity contribution in [2.75, 3.05) is 12.5 Å². The van der Waals surface area contributed by atoms with E-state index >= 15 is 0 Å². The zero-order chi connectivity index (χ0) is 15.5. The first-order chi connectivity index (χ1) is 10.7. The fourth-order valence-corrected chi connectivity index (χ4v) is 3.99. The summed E-state index contributed by atoms with van der Waals surface area (Å²) in [5.74, 6) is 0.0399. The van der Waals surface area contributed by atoms with Crippen molar-refractivity contribution in [3.05, 3.63) is 35.2 Å². The van der Waals surface area contributed by atoms with Crippen molar-refractivity contribution in [1.82, 2.24) is 4.90 Å². The SMILES string of the molecule is C[C@@H]1C[C@@H](N(Cc2ccc3sccc3c2)C(=O)CCl)CCO1. The average molecular weight is 338 g/mol. The van der Waals surface area contributed by atoms with Gasteiger partial charge in [-0.3, -0.25) is 4.79 Å². The smallest absolute Gasteiger partial charge is 0.238 e. The van der Waals surface area contributed by atoms with Gasteiger partial charge in [0.05, 0.1) is 6.10 Å². The van der Waals surface area contributed by atoms with Gasteiger partial charge in [0.15, 0.2) is 0 Å². The van der Waals surface area contributed by atoms with E-state index in [1.54, 1.807) is 11.3 Å². The Morgan fingerprint density at radius 1 is 1.45 bits per heavy atom. The summed E-state index contributed by atoms with van der Waals surface area (Å²) in [7, 11) is 0. The Kier molecular flexibility index (Phi) is 5.01. The van der Waals surface area contributed by atoms with Crippen LogP contribution in [-0.4, -0.2) is 35.4 Å². The van der Waals surface area contributed by atoms with Crippen LogP contribution in [0.4, 0.5) is 0 Å². The molecule has 1 aliphatic heterocycles. The van der Waals surface area contributed by atoms with Gasteiger partial charge in [0.2, 0.25) is 5.91 Å². The van der Waals surface area contributed by atoms with Crippen molar-refractivity contribution >= 4 is 38.9 Å². The van der Waals surface area contributed by atoms with Crippen LogP contribution in [0.3, 0.4) is 0 Å². The second-order valence-corrected chi connectivity index (χ2v) is 7.02. The lowest BCUT2D eigenvalue weighted by Gasteiger charge is -2.36. The molecule has 1 aromatic heterocycles. The number of ether oxygens (including phenoxy) is 1. The molecule has 22 heavy (non-hydrogen) atoms. The van der Waals surface area contributed by atoms with Gasteiger partial charge in [0.25, 0.3) is 0 Å². The van der Waals surface area contributed by atoms with Gasteiger partial charge in [-0.25, -0.2) is 0 Å². The summed E-state index contributed by atoms with van der Waals surface area (Å²) in [6.45, 7) is 3.39. The van der Waals surface area contributed by atoms with Gasteiger partial charge >= 0.3 is 0 Å². The summed E-state index contributed by atoms with van der Waals surface area (Å²) < 4.78 is 6.88. The van der Waals surface area contributed by atoms with E-state index in [-0.39, 0.29) is 23.9 Å². The third-order valence-corrected chi connectivity index (χ3v) is 5.33. The second-order valence-electron chi connectivity index (χ2n) is 5.81. The highest BCUT2D eigenvalue weighted by Gasteiger charge is 2.28. The van der Waals surface area contributed by atoms with Gasteiger partial charge in [-0.1, -0.05) is 6.07 Å². The van der Waals surface area contributed by atoms with E-state index in [0.29, 0.717) is 13.2 Å². The van der Waals surface area contributed by atoms with Crippen LogP contribution in [0.2, 0.25) is 0 Å². The number of benzene rings is 1. The van der Waals surface area contributed by atoms with E-state index in [4.69, 9.17) is 16.3 Å². The molecular weight excluding hydrogens is 318 g/mol. The zero-order valence-corrected chi connectivity index (χ0v) is 14.2. The van der Waals surface area contributed by atoms with Crippen LogP contribution in [0.5, 0.6) is 0 Å². The molecule has 1 fully saturated rings. The van der Waals surface area contributed by atoms with Crippen molar-refractivity contribution in [2.45, 2.75) is 38.5 Å². The topological polar surface area (TPSA) is 29.5 Å². The van der Waals surface area contributed by atoms with Gasteiger partial charge in [-0.05, 0) is 54.3 Å². The fourth-order valence-electron chi connectivity index (χ4n) is 3.07. The monoisotopic (exact) mass is 337 g/mol. The summed E-state index contributed by atoms with van der Waals surface area (Å²) >= 11 is 7.56. The minimum Gasteiger partial charge on any atom is -0.378 e. The summed E-state index contributed by atoms with van der Waals surface area (Å²) in [6, 6.07) is 8.74. The number of fused-ring (bicyclic) bond motifs is 1. The van der Waals surface area contributed by atoms with E-state index in [9.17, 15) is 4.79 Å². The Morgan fingerprint density at radius 3 is 3.09 bits per heavy atom. The van der Waals surface area contributed by atoms with Crippen LogP contribution >= 0.6 is 22.9 Å². The second kappa shape index (κ2) is 6.99. The molecule has 5 heteroatoms. The molecule has 0 radical (unpaired) electrons. The maximum Gasteiger partial charge on any atom is 0.238 e. The predicted molar refractivity (Wildman–Crippen MR) is 91.5 cm³/mol. The number of hydrogen-bond acceptors (Lipinski definition) is 3. The highest BCUT2D eigenvalue weighted by atomic mass is 35.5. The highest BCUT2D eigenvalue weighted by molar-refractivity contribution is 7.17. The summed E-state index contributed by atoms with van der Waals surface area (Å²) in [5, 5.41) is 3.33. The quantitative estimate of drug-likeness (QED) is 0.788. The molecule has 1 amide bonds. The summed E-state index contributed by atoms with van der Waals surface area (Å²) in [5.41, 5.74) is 1.16. The average Bonchev–Trinajstić information content (AvgIpc) is 2.99. The van der Waals surface area contributed by atoms with Gasteiger partial charge in [0.1, 0.15) is 5.88 Å². The van der Waals surface area contributed by atoms with Crippen LogP contribution in [0.1, 0.15) is 25.3 Å². The molecule has 0 spiro atoms. The van der Waals surface area contributed by atoms with Gasteiger partial charge in [-0.2, -0.15) is 0 Å². The van der Waals surface area contributed by atoms with Crippen molar-refractivity contribution < 1.29 is 9.53 Å². The van der Waals surface area contributed by atoms with Crippen LogP contribution < -0.4 is 0 Å². The van der Waals surface area contributed by atoms with E-state index in [1.165, 1.54) is 10.1 Å². The Labute approximate surface area is 139 Å².